The molecule has 0 atom stereocenters. The van der Waals surface area contributed by atoms with Crippen LogP contribution in [0.5, 0.6) is 5.75 Å². The van der Waals surface area contributed by atoms with Gasteiger partial charge in [0.25, 0.3) is 0 Å². The number of hydrogen-bond donors (Lipinski definition) is 1. The summed E-state index contributed by atoms with van der Waals surface area (Å²) < 4.78 is 0. The smallest absolute Gasteiger partial charge is 0.119 e. The van der Waals surface area contributed by atoms with Crippen molar-refractivity contribution >= 4 is 0 Å². The van der Waals surface area contributed by atoms with Gasteiger partial charge in [0.05, 0.1) is 0 Å². The zero-order valence-corrected chi connectivity index (χ0v) is 15.4. The Morgan fingerprint density at radius 2 is 1.29 bits per heavy atom. The Labute approximate surface area is 147 Å². The van der Waals surface area contributed by atoms with Crippen LogP contribution in [0.25, 0.3) is 0 Å². The van der Waals surface area contributed by atoms with E-state index in [0.717, 1.165) is 12.0 Å². The Hall–Kier alpha value is -1.76. The summed E-state index contributed by atoms with van der Waals surface area (Å²) in [5.41, 5.74) is 5.47. The van der Waals surface area contributed by atoms with Crippen LogP contribution in [0.15, 0.2) is 42.5 Å². The molecule has 1 N–H and O–H groups in total. The number of phenolic OH excluding ortho intramolecular Hbond substituents is 1. The van der Waals surface area contributed by atoms with Crippen molar-refractivity contribution in [1.29, 1.82) is 0 Å². The number of para-hydroxylation sites is 1. The maximum Gasteiger partial charge on any atom is 0.119 e. The lowest BCUT2D eigenvalue weighted by atomic mass is 9.90. The zero-order valence-electron chi connectivity index (χ0n) is 15.4. The molecule has 1 heteroatoms. The normalized spacial score (nSPS) is 10.9. The lowest BCUT2D eigenvalue weighted by Crippen LogP contribution is -2.02. The molecule has 2 aromatic carbocycles. The quantitative estimate of drug-likeness (QED) is 0.498. The summed E-state index contributed by atoms with van der Waals surface area (Å²) in [6, 6.07) is 14.5. The molecule has 130 valence electrons. The average Bonchev–Trinajstić information content (AvgIpc) is 2.59. The molecular formula is C23H32O. The van der Waals surface area contributed by atoms with Crippen molar-refractivity contribution in [3.63, 3.8) is 0 Å². The van der Waals surface area contributed by atoms with Crippen LogP contribution in [0.1, 0.15) is 74.6 Å². The van der Waals surface area contributed by atoms with Crippen LogP contribution in [-0.2, 0) is 19.3 Å². The first-order valence-corrected chi connectivity index (χ1v) is 9.62. The molecule has 0 amide bonds. The molecule has 0 spiro atoms. The van der Waals surface area contributed by atoms with E-state index in [1.165, 1.54) is 68.1 Å². The van der Waals surface area contributed by atoms with Crippen molar-refractivity contribution in [2.45, 2.75) is 71.6 Å². The van der Waals surface area contributed by atoms with Gasteiger partial charge in [0.15, 0.2) is 0 Å². The molecule has 0 aliphatic heterocycles. The van der Waals surface area contributed by atoms with Gasteiger partial charge in [-0.05, 0) is 54.0 Å². The van der Waals surface area contributed by atoms with Gasteiger partial charge in [0.2, 0.25) is 0 Å². The molecule has 0 aliphatic carbocycles. The number of unbranched alkanes of at least 4 members (excludes halogenated alkanes) is 4. The van der Waals surface area contributed by atoms with Crippen molar-refractivity contribution < 1.29 is 5.11 Å². The molecule has 0 saturated carbocycles. The van der Waals surface area contributed by atoms with Gasteiger partial charge in [-0.1, -0.05) is 75.9 Å². The highest BCUT2D eigenvalue weighted by Crippen LogP contribution is 2.26. The van der Waals surface area contributed by atoms with Crippen LogP contribution in [0.3, 0.4) is 0 Å². The minimum Gasteiger partial charge on any atom is -0.508 e. The predicted octanol–water partition coefficient (Wildman–Crippen LogP) is 6.45. The van der Waals surface area contributed by atoms with E-state index in [2.05, 4.69) is 32.0 Å². The molecular weight excluding hydrogens is 292 g/mol. The summed E-state index contributed by atoms with van der Waals surface area (Å²) in [5.74, 6) is 0.411. The lowest BCUT2D eigenvalue weighted by Gasteiger charge is -2.16. The summed E-state index contributed by atoms with van der Waals surface area (Å²) in [4.78, 5) is 0. The Kier molecular flexibility index (Phi) is 7.88. The number of rotatable bonds is 10. The minimum atomic E-state index is 0.411. The van der Waals surface area contributed by atoms with Crippen LogP contribution in [0, 0.1) is 0 Å². The molecule has 1 nitrogen and oxygen atoms in total. The molecule has 24 heavy (non-hydrogen) atoms. The SMILES string of the molecule is CCCCCc1cccc(Cc2ccccc2O)c1CCCCC. The number of benzene rings is 2. The van der Waals surface area contributed by atoms with Gasteiger partial charge < -0.3 is 5.11 Å². The van der Waals surface area contributed by atoms with Crippen LogP contribution < -0.4 is 0 Å². The first kappa shape index (κ1) is 18.6. The van der Waals surface area contributed by atoms with E-state index in [1.54, 1.807) is 6.07 Å². The average molecular weight is 325 g/mol. The topological polar surface area (TPSA) is 20.2 Å². The van der Waals surface area contributed by atoms with Gasteiger partial charge in [0, 0.05) is 6.42 Å². The fourth-order valence-corrected chi connectivity index (χ4v) is 3.39. The van der Waals surface area contributed by atoms with Crippen molar-refractivity contribution in [2.75, 3.05) is 0 Å². The standard InChI is InChI=1S/C23H32O/c1-3-5-7-12-19-14-11-15-20(22(19)16-8-6-4-2)18-21-13-9-10-17-23(21)24/h9-11,13-15,17,24H,3-8,12,16,18H2,1-2H3. The number of phenols is 1. The van der Waals surface area contributed by atoms with E-state index >= 15 is 0 Å². The van der Waals surface area contributed by atoms with E-state index in [1.807, 2.05) is 18.2 Å². The van der Waals surface area contributed by atoms with Gasteiger partial charge in [0.1, 0.15) is 5.75 Å². The fraction of sp³-hybridized carbons (Fsp3) is 0.478. The Morgan fingerprint density at radius 3 is 2.00 bits per heavy atom. The maximum atomic E-state index is 10.1. The lowest BCUT2D eigenvalue weighted by molar-refractivity contribution is 0.469. The molecule has 0 saturated heterocycles. The second-order valence-electron chi connectivity index (χ2n) is 6.77. The molecule has 0 unspecified atom stereocenters. The first-order chi connectivity index (χ1) is 11.8. The molecule has 0 radical (unpaired) electrons. The van der Waals surface area contributed by atoms with Crippen LogP contribution in [0.2, 0.25) is 0 Å². The van der Waals surface area contributed by atoms with Crippen LogP contribution in [0.4, 0.5) is 0 Å². The van der Waals surface area contributed by atoms with Gasteiger partial charge in [-0.25, -0.2) is 0 Å². The largest absolute Gasteiger partial charge is 0.508 e. The Balaban J connectivity index is 2.23. The molecule has 0 heterocycles. The van der Waals surface area contributed by atoms with Gasteiger partial charge in [-0.15, -0.1) is 0 Å². The molecule has 0 aromatic heterocycles. The van der Waals surface area contributed by atoms with Gasteiger partial charge in [-0.3, -0.25) is 0 Å². The second-order valence-corrected chi connectivity index (χ2v) is 6.77. The monoisotopic (exact) mass is 324 g/mol. The van der Waals surface area contributed by atoms with Crippen molar-refractivity contribution in [3.8, 4) is 5.75 Å². The fourth-order valence-electron chi connectivity index (χ4n) is 3.39. The maximum absolute atomic E-state index is 10.1. The third kappa shape index (κ3) is 5.40. The van der Waals surface area contributed by atoms with Crippen molar-refractivity contribution in [1.82, 2.24) is 0 Å². The van der Waals surface area contributed by atoms with Crippen molar-refractivity contribution in [2.24, 2.45) is 0 Å². The van der Waals surface area contributed by atoms with Crippen molar-refractivity contribution in [3.05, 3.63) is 64.7 Å². The predicted molar refractivity (Wildman–Crippen MR) is 104 cm³/mol. The highest BCUT2D eigenvalue weighted by atomic mass is 16.3. The summed E-state index contributed by atoms with van der Waals surface area (Å²) in [5, 5.41) is 10.1. The Morgan fingerprint density at radius 1 is 0.667 bits per heavy atom. The molecule has 2 aromatic rings. The third-order valence-corrected chi connectivity index (χ3v) is 4.82. The third-order valence-electron chi connectivity index (χ3n) is 4.82. The first-order valence-electron chi connectivity index (χ1n) is 9.62. The number of aromatic hydroxyl groups is 1. The molecule has 0 fully saturated rings. The Bertz CT molecular complexity index is 615. The zero-order chi connectivity index (χ0) is 17.2. The highest BCUT2D eigenvalue weighted by molar-refractivity contribution is 5.42. The van der Waals surface area contributed by atoms with E-state index < -0.39 is 0 Å². The highest BCUT2D eigenvalue weighted by Gasteiger charge is 2.10. The minimum absolute atomic E-state index is 0.411. The number of hydrogen-bond acceptors (Lipinski definition) is 1. The summed E-state index contributed by atoms with van der Waals surface area (Å²) in [6.45, 7) is 4.52. The second kappa shape index (κ2) is 10.2. The molecule has 2 rings (SSSR count). The van der Waals surface area contributed by atoms with E-state index in [-0.39, 0.29) is 0 Å². The van der Waals surface area contributed by atoms with Crippen LogP contribution >= 0.6 is 0 Å². The van der Waals surface area contributed by atoms with Gasteiger partial charge in [-0.2, -0.15) is 0 Å². The van der Waals surface area contributed by atoms with Gasteiger partial charge >= 0.3 is 0 Å². The van der Waals surface area contributed by atoms with E-state index in [9.17, 15) is 5.11 Å². The summed E-state index contributed by atoms with van der Waals surface area (Å²) >= 11 is 0. The number of aryl methyl sites for hydroxylation is 1. The summed E-state index contributed by atoms with van der Waals surface area (Å²) in [7, 11) is 0. The van der Waals surface area contributed by atoms with E-state index in [4.69, 9.17) is 0 Å². The summed E-state index contributed by atoms with van der Waals surface area (Å²) in [6.07, 6.45) is 10.8. The molecule has 0 aliphatic rings. The molecule has 0 bridgehead atoms. The van der Waals surface area contributed by atoms with Crippen LogP contribution in [-0.4, -0.2) is 5.11 Å². The van der Waals surface area contributed by atoms with E-state index in [0.29, 0.717) is 5.75 Å².